The summed E-state index contributed by atoms with van der Waals surface area (Å²) in [6.07, 6.45) is 1.08. The standard InChI is InChI=1S/C8H7ClN2O2/c9-6-1-7(10-4-12)3-8(2-6)11-5-13/h1-5H,(H,10,12)(H,11,13). The summed E-state index contributed by atoms with van der Waals surface area (Å²) >= 11 is 5.71. The van der Waals surface area contributed by atoms with Gasteiger partial charge in [0.15, 0.2) is 0 Å². The maximum Gasteiger partial charge on any atom is 0.211 e. The average Bonchev–Trinajstić information content (AvgIpc) is 2.04. The minimum atomic E-state index is 0.441. The van der Waals surface area contributed by atoms with E-state index in [0.717, 1.165) is 0 Å². The van der Waals surface area contributed by atoms with Crippen LogP contribution in [0.5, 0.6) is 0 Å². The second kappa shape index (κ2) is 4.47. The molecule has 13 heavy (non-hydrogen) atoms. The molecule has 0 aliphatic heterocycles. The Labute approximate surface area is 79.9 Å². The Bertz CT molecular complexity index is 300. The molecular weight excluding hydrogens is 192 g/mol. The van der Waals surface area contributed by atoms with Crippen molar-refractivity contribution in [2.75, 3.05) is 10.6 Å². The summed E-state index contributed by atoms with van der Waals surface area (Å²) in [4.78, 5) is 20.2. The van der Waals surface area contributed by atoms with Crippen LogP contribution in [0.15, 0.2) is 18.2 Å². The number of carbonyl (C=O) groups is 2. The van der Waals surface area contributed by atoms with Gasteiger partial charge < -0.3 is 10.6 Å². The van der Waals surface area contributed by atoms with Crippen LogP contribution in [0.1, 0.15) is 0 Å². The maximum absolute atomic E-state index is 10.1. The fourth-order valence-electron chi connectivity index (χ4n) is 0.892. The highest BCUT2D eigenvalue weighted by Gasteiger charge is 1.97. The first-order valence-corrected chi connectivity index (χ1v) is 3.85. The van der Waals surface area contributed by atoms with Gasteiger partial charge in [0.2, 0.25) is 12.8 Å². The summed E-state index contributed by atoms with van der Waals surface area (Å²) in [5, 5.41) is 5.29. The monoisotopic (exact) mass is 198 g/mol. The molecule has 0 spiro atoms. The van der Waals surface area contributed by atoms with E-state index in [1.807, 2.05) is 0 Å². The summed E-state index contributed by atoms with van der Waals surface area (Å²) < 4.78 is 0. The number of hydrogen-bond donors (Lipinski definition) is 2. The minimum Gasteiger partial charge on any atom is -0.329 e. The number of rotatable bonds is 4. The molecule has 1 aromatic rings. The minimum absolute atomic E-state index is 0.441. The molecule has 4 nitrogen and oxygen atoms in total. The van der Waals surface area contributed by atoms with Gasteiger partial charge in [-0.05, 0) is 18.2 Å². The van der Waals surface area contributed by atoms with Crippen molar-refractivity contribution in [3.63, 3.8) is 0 Å². The first-order valence-electron chi connectivity index (χ1n) is 3.47. The van der Waals surface area contributed by atoms with Gasteiger partial charge in [-0.1, -0.05) is 11.6 Å². The Morgan fingerprint density at radius 2 is 1.46 bits per heavy atom. The van der Waals surface area contributed by atoms with Gasteiger partial charge in [0.1, 0.15) is 0 Å². The summed E-state index contributed by atoms with van der Waals surface area (Å²) in [5.41, 5.74) is 1.07. The molecule has 0 saturated carbocycles. The van der Waals surface area contributed by atoms with E-state index in [2.05, 4.69) is 10.6 Å². The molecule has 2 N–H and O–H groups in total. The Morgan fingerprint density at radius 3 is 1.85 bits per heavy atom. The van der Waals surface area contributed by atoms with E-state index < -0.39 is 0 Å². The Hall–Kier alpha value is -1.55. The lowest BCUT2D eigenvalue weighted by Gasteiger charge is -2.03. The molecule has 1 rings (SSSR count). The Morgan fingerprint density at radius 1 is 1.00 bits per heavy atom. The second-order valence-corrected chi connectivity index (χ2v) is 2.69. The fraction of sp³-hybridized carbons (Fsp3) is 0. The Balaban J connectivity index is 2.95. The number of anilines is 2. The van der Waals surface area contributed by atoms with Crippen molar-refractivity contribution in [1.29, 1.82) is 0 Å². The predicted octanol–water partition coefficient (Wildman–Crippen LogP) is 1.48. The number of hydrogen-bond acceptors (Lipinski definition) is 2. The van der Waals surface area contributed by atoms with E-state index in [-0.39, 0.29) is 0 Å². The molecule has 0 unspecified atom stereocenters. The number of halogens is 1. The highest BCUT2D eigenvalue weighted by atomic mass is 35.5. The van der Waals surface area contributed by atoms with Crippen LogP contribution in [-0.2, 0) is 9.59 Å². The van der Waals surface area contributed by atoms with Gasteiger partial charge in [-0.25, -0.2) is 0 Å². The zero-order chi connectivity index (χ0) is 9.68. The van der Waals surface area contributed by atoms with E-state index in [4.69, 9.17) is 11.6 Å². The van der Waals surface area contributed by atoms with Gasteiger partial charge in [0, 0.05) is 16.4 Å². The Kier molecular flexibility index (Phi) is 3.28. The molecule has 0 heterocycles. The van der Waals surface area contributed by atoms with Gasteiger partial charge in [0.25, 0.3) is 0 Å². The summed E-state index contributed by atoms with van der Waals surface area (Å²) in [6.45, 7) is 0. The molecule has 0 aromatic heterocycles. The summed E-state index contributed by atoms with van der Waals surface area (Å²) in [5.74, 6) is 0. The molecule has 0 fully saturated rings. The van der Waals surface area contributed by atoms with Crippen LogP contribution in [0.25, 0.3) is 0 Å². The van der Waals surface area contributed by atoms with Crippen LogP contribution < -0.4 is 10.6 Å². The maximum atomic E-state index is 10.1. The van der Waals surface area contributed by atoms with E-state index in [1.54, 1.807) is 18.2 Å². The molecule has 5 heteroatoms. The van der Waals surface area contributed by atoms with E-state index in [0.29, 0.717) is 29.2 Å². The second-order valence-electron chi connectivity index (χ2n) is 2.25. The molecule has 2 amide bonds. The largest absolute Gasteiger partial charge is 0.329 e. The highest BCUT2D eigenvalue weighted by Crippen LogP contribution is 2.21. The quantitative estimate of drug-likeness (QED) is 0.720. The van der Waals surface area contributed by atoms with Gasteiger partial charge in [-0.2, -0.15) is 0 Å². The zero-order valence-electron chi connectivity index (χ0n) is 6.58. The van der Waals surface area contributed by atoms with Gasteiger partial charge in [-0.3, -0.25) is 9.59 Å². The molecule has 0 aliphatic rings. The smallest absolute Gasteiger partial charge is 0.211 e. The highest BCUT2D eigenvalue weighted by molar-refractivity contribution is 6.31. The van der Waals surface area contributed by atoms with Crippen LogP contribution in [-0.4, -0.2) is 12.8 Å². The van der Waals surface area contributed by atoms with E-state index in [1.165, 1.54) is 0 Å². The van der Waals surface area contributed by atoms with E-state index >= 15 is 0 Å². The van der Waals surface area contributed by atoms with E-state index in [9.17, 15) is 9.59 Å². The van der Waals surface area contributed by atoms with Crippen molar-refractivity contribution in [3.05, 3.63) is 23.2 Å². The van der Waals surface area contributed by atoms with Gasteiger partial charge >= 0.3 is 0 Å². The number of benzene rings is 1. The normalized spacial score (nSPS) is 9.00. The molecule has 0 aliphatic carbocycles. The molecule has 0 atom stereocenters. The van der Waals surface area contributed by atoms with Crippen molar-refractivity contribution < 1.29 is 9.59 Å². The molecule has 0 bridgehead atoms. The average molecular weight is 199 g/mol. The topological polar surface area (TPSA) is 58.2 Å². The fourth-order valence-corrected chi connectivity index (χ4v) is 1.13. The molecule has 1 aromatic carbocycles. The third kappa shape index (κ3) is 2.76. The van der Waals surface area contributed by atoms with Crippen LogP contribution in [0.2, 0.25) is 5.02 Å². The SMILES string of the molecule is O=CNc1cc(Cl)cc(NC=O)c1. The van der Waals surface area contributed by atoms with Crippen molar-refractivity contribution >= 4 is 35.8 Å². The molecule has 0 saturated heterocycles. The molecular formula is C8H7ClN2O2. The lowest BCUT2D eigenvalue weighted by atomic mass is 10.3. The predicted molar refractivity (Wildman–Crippen MR) is 50.8 cm³/mol. The van der Waals surface area contributed by atoms with Crippen LogP contribution in [0.4, 0.5) is 11.4 Å². The lowest BCUT2D eigenvalue weighted by molar-refractivity contribution is -0.106. The van der Waals surface area contributed by atoms with Crippen molar-refractivity contribution in [2.24, 2.45) is 0 Å². The summed E-state index contributed by atoms with van der Waals surface area (Å²) in [7, 11) is 0. The van der Waals surface area contributed by atoms with Gasteiger partial charge in [-0.15, -0.1) is 0 Å². The molecule has 0 radical (unpaired) electrons. The lowest BCUT2D eigenvalue weighted by Crippen LogP contribution is -1.97. The number of carbonyl (C=O) groups excluding carboxylic acids is 2. The number of amides is 2. The van der Waals surface area contributed by atoms with Crippen LogP contribution in [0.3, 0.4) is 0 Å². The van der Waals surface area contributed by atoms with Crippen LogP contribution >= 0.6 is 11.6 Å². The first-order chi connectivity index (χ1) is 6.26. The number of nitrogens with one attached hydrogen (secondary N) is 2. The summed E-state index contributed by atoms with van der Waals surface area (Å²) in [6, 6.07) is 4.74. The third-order valence-corrected chi connectivity index (χ3v) is 1.57. The first kappa shape index (κ1) is 9.54. The van der Waals surface area contributed by atoms with Gasteiger partial charge in [0.05, 0.1) is 0 Å². The third-order valence-electron chi connectivity index (χ3n) is 1.35. The van der Waals surface area contributed by atoms with Crippen molar-refractivity contribution in [1.82, 2.24) is 0 Å². The van der Waals surface area contributed by atoms with Crippen molar-refractivity contribution in [3.8, 4) is 0 Å². The zero-order valence-corrected chi connectivity index (χ0v) is 7.34. The van der Waals surface area contributed by atoms with Crippen LogP contribution in [0, 0.1) is 0 Å². The van der Waals surface area contributed by atoms with Crippen molar-refractivity contribution in [2.45, 2.75) is 0 Å². The molecule has 68 valence electrons.